The van der Waals surface area contributed by atoms with Gasteiger partial charge in [-0.15, -0.1) is 0 Å². The second kappa shape index (κ2) is 14.2. The molecule has 2 aromatic carbocycles. The lowest BCUT2D eigenvalue weighted by Gasteiger charge is -2.28. The minimum absolute atomic E-state index is 0.0855. The van der Waals surface area contributed by atoms with E-state index in [1.54, 1.807) is 12.1 Å². The van der Waals surface area contributed by atoms with Crippen molar-refractivity contribution in [1.82, 2.24) is 10.2 Å². The zero-order valence-corrected chi connectivity index (χ0v) is 23.0. The average molecular weight is 564 g/mol. The molecule has 41 heavy (non-hydrogen) atoms. The largest absolute Gasteiger partial charge is 0.462 e. The van der Waals surface area contributed by atoms with Crippen LogP contribution in [0.15, 0.2) is 87.6 Å². The van der Waals surface area contributed by atoms with Crippen molar-refractivity contribution in [1.29, 1.82) is 0 Å². The third-order valence-corrected chi connectivity index (χ3v) is 7.29. The number of nitrogens with one attached hydrogen (secondary N) is 1. The standard InChI is InChI=1S/C32H35F2N3O4/c33-25-14-13-24(21-26(25)34)30-29(32(38)41-19-7-11-23-9-3-1-4-10-23)27(35-31(36-30)28-12-8-18-40-28)22-39-20-17-37-15-5-2-6-16-37/h1,3-4,8-10,12-14,18,21,30H,2,5-7,11,15-17,19-20,22H2,(H,35,36). The minimum atomic E-state index is -1.02. The van der Waals surface area contributed by atoms with Crippen molar-refractivity contribution in [2.75, 3.05) is 39.5 Å². The number of nitrogens with zero attached hydrogens (tertiary/aromatic N) is 2. The topological polar surface area (TPSA) is 76.3 Å². The van der Waals surface area contributed by atoms with Crippen LogP contribution in [0.25, 0.3) is 0 Å². The van der Waals surface area contributed by atoms with Crippen molar-refractivity contribution in [3.05, 3.63) is 107 Å². The Balaban J connectivity index is 1.37. The summed E-state index contributed by atoms with van der Waals surface area (Å²) in [5.74, 6) is -1.78. The number of aryl methyl sites for hydroxylation is 1. The van der Waals surface area contributed by atoms with Crippen LogP contribution in [0.1, 0.15) is 48.6 Å². The van der Waals surface area contributed by atoms with Gasteiger partial charge in [0.25, 0.3) is 0 Å². The van der Waals surface area contributed by atoms with Crippen molar-refractivity contribution < 1.29 is 27.5 Å². The number of hydrogen-bond acceptors (Lipinski definition) is 7. The molecule has 1 atom stereocenters. The lowest BCUT2D eigenvalue weighted by Crippen LogP contribution is -2.36. The number of halogens is 2. The van der Waals surface area contributed by atoms with Crippen molar-refractivity contribution in [3.8, 4) is 0 Å². The van der Waals surface area contributed by atoms with Crippen molar-refractivity contribution >= 4 is 11.8 Å². The van der Waals surface area contributed by atoms with E-state index in [4.69, 9.17) is 18.9 Å². The van der Waals surface area contributed by atoms with E-state index in [1.165, 1.54) is 31.6 Å². The molecule has 7 nitrogen and oxygen atoms in total. The van der Waals surface area contributed by atoms with Crippen LogP contribution in [0.4, 0.5) is 8.78 Å². The van der Waals surface area contributed by atoms with Crippen LogP contribution in [0.5, 0.6) is 0 Å². The molecule has 0 amide bonds. The van der Waals surface area contributed by atoms with Crippen LogP contribution in [0, 0.1) is 11.6 Å². The minimum Gasteiger partial charge on any atom is -0.462 e. The first kappa shape index (κ1) is 28.7. The van der Waals surface area contributed by atoms with Crippen LogP contribution in [-0.4, -0.2) is 56.2 Å². The van der Waals surface area contributed by atoms with Gasteiger partial charge in [-0.3, -0.25) is 4.99 Å². The zero-order valence-electron chi connectivity index (χ0n) is 23.0. The number of hydrogen-bond donors (Lipinski definition) is 1. The molecule has 1 unspecified atom stereocenters. The fourth-order valence-corrected chi connectivity index (χ4v) is 5.13. The maximum Gasteiger partial charge on any atom is 0.338 e. The molecule has 9 heteroatoms. The third-order valence-electron chi connectivity index (χ3n) is 7.29. The van der Waals surface area contributed by atoms with E-state index in [0.29, 0.717) is 35.9 Å². The zero-order chi connectivity index (χ0) is 28.4. The van der Waals surface area contributed by atoms with E-state index in [9.17, 15) is 13.6 Å². The van der Waals surface area contributed by atoms with E-state index >= 15 is 0 Å². The molecule has 3 heterocycles. The quantitative estimate of drug-likeness (QED) is 0.229. The Bertz CT molecular complexity index is 1350. The molecule has 3 aromatic rings. The van der Waals surface area contributed by atoms with Crippen molar-refractivity contribution in [3.63, 3.8) is 0 Å². The molecule has 5 rings (SSSR count). The number of furan rings is 1. The highest BCUT2D eigenvalue weighted by Gasteiger charge is 2.33. The van der Waals surface area contributed by atoms with E-state index in [1.807, 2.05) is 30.3 Å². The Morgan fingerprint density at radius 2 is 1.83 bits per heavy atom. The second-order valence-electron chi connectivity index (χ2n) is 10.2. The molecule has 216 valence electrons. The number of amidine groups is 1. The summed E-state index contributed by atoms with van der Waals surface area (Å²) in [6, 6.07) is 16.0. The predicted octanol–water partition coefficient (Wildman–Crippen LogP) is 5.58. The first-order chi connectivity index (χ1) is 20.1. The van der Waals surface area contributed by atoms with Crippen LogP contribution < -0.4 is 5.32 Å². The van der Waals surface area contributed by atoms with E-state index in [-0.39, 0.29) is 18.8 Å². The van der Waals surface area contributed by atoms with E-state index in [2.05, 4.69) is 10.2 Å². The molecule has 1 saturated heterocycles. The molecule has 2 aliphatic rings. The molecule has 0 aliphatic carbocycles. The van der Waals surface area contributed by atoms with Crippen LogP contribution in [-0.2, 0) is 20.7 Å². The first-order valence-corrected chi connectivity index (χ1v) is 14.2. The van der Waals surface area contributed by atoms with Gasteiger partial charge in [0, 0.05) is 6.54 Å². The SMILES string of the molecule is O=C(OCCCc1ccccc1)C1=C(COCCN2CCCCC2)NC(c2ccco2)=NC1c1ccc(F)c(F)c1. The Morgan fingerprint density at radius 1 is 1.00 bits per heavy atom. The van der Waals surface area contributed by atoms with E-state index < -0.39 is 23.6 Å². The molecule has 1 N–H and O–H groups in total. The normalized spacial score (nSPS) is 17.7. The summed E-state index contributed by atoms with van der Waals surface area (Å²) in [4.78, 5) is 20.6. The third kappa shape index (κ3) is 7.68. The Labute approximate surface area is 238 Å². The summed E-state index contributed by atoms with van der Waals surface area (Å²) in [6.07, 6.45) is 6.53. The number of ether oxygens (including phenoxy) is 2. The summed E-state index contributed by atoms with van der Waals surface area (Å²) in [5.41, 5.74) is 2.12. The summed E-state index contributed by atoms with van der Waals surface area (Å²) < 4.78 is 45.5. The Morgan fingerprint density at radius 3 is 2.59 bits per heavy atom. The molecule has 0 spiro atoms. The van der Waals surface area contributed by atoms with Crippen LogP contribution in [0.3, 0.4) is 0 Å². The number of carbonyl (C=O) groups is 1. The smallest absolute Gasteiger partial charge is 0.338 e. The first-order valence-electron chi connectivity index (χ1n) is 14.2. The summed E-state index contributed by atoms with van der Waals surface area (Å²) >= 11 is 0. The maximum absolute atomic E-state index is 14.3. The van der Waals surface area contributed by atoms with Gasteiger partial charge in [-0.05, 0) is 74.2 Å². The van der Waals surface area contributed by atoms with Gasteiger partial charge in [0.05, 0.1) is 37.4 Å². The maximum atomic E-state index is 14.3. The Hall–Kier alpha value is -3.82. The number of aliphatic imine (C=N–C) groups is 1. The molecule has 1 aromatic heterocycles. The number of carbonyl (C=O) groups excluding carboxylic acids is 1. The highest BCUT2D eigenvalue weighted by Crippen LogP contribution is 2.33. The van der Waals surface area contributed by atoms with Gasteiger partial charge >= 0.3 is 5.97 Å². The monoisotopic (exact) mass is 563 g/mol. The van der Waals surface area contributed by atoms with E-state index in [0.717, 1.165) is 43.8 Å². The molecular formula is C32H35F2N3O4. The van der Waals surface area contributed by atoms with Gasteiger partial charge in [0.15, 0.2) is 23.2 Å². The molecule has 1 fully saturated rings. The summed E-state index contributed by atoms with van der Waals surface area (Å²) in [5, 5.41) is 3.20. The predicted molar refractivity (Wildman–Crippen MR) is 151 cm³/mol. The van der Waals surface area contributed by atoms with Gasteiger partial charge in [-0.25, -0.2) is 13.6 Å². The fraction of sp³-hybridized carbons (Fsp3) is 0.375. The van der Waals surface area contributed by atoms with Gasteiger partial charge in [0.1, 0.15) is 6.04 Å². The Kier molecular flexibility index (Phi) is 9.93. The number of esters is 1. The van der Waals surface area contributed by atoms with Gasteiger partial charge in [-0.1, -0.05) is 42.8 Å². The number of rotatable bonds is 12. The number of benzene rings is 2. The molecular weight excluding hydrogens is 528 g/mol. The van der Waals surface area contributed by atoms with Crippen LogP contribution in [0.2, 0.25) is 0 Å². The van der Waals surface area contributed by atoms with Gasteiger partial charge < -0.3 is 24.1 Å². The lowest BCUT2D eigenvalue weighted by molar-refractivity contribution is -0.139. The molecule has 0 bridgehead atoms. The van der Waals surface area contributed by atoms with Gasteiger partial charge in [0.2, 0.25) is 0 Å². The fourth-order valence-electron chi connectivity index (χ4n) is 5.13. The highest BCUT2D eigenvalue weighted by atomic mass is 19.2. The van der Waals surface area contributed by atoms with Gasteiger partial charge in [-0.2, -0.15) is 0 Å². The number of likely N-dealkylation sites (tertiary alicyclic amines) is 1. The molecule has 0 saturated carbocycles. The second-order valence-corrected chi connectivity index (χ2v) is 10.2. The molecule has 0 radical (unpaired) electrons. The number of piperidine rings is 1. The van der Waals surface area contributed by atoms with Crippen molar-refractivity contribution in [2.45, 2.75) is 38.1 Å². The summed E-state index contributed by atoms with van der Waals surface area (Å²) in [6.45, 7) is 3.66. The average Bonchev–Trinajstić information content (AvgIpc) is 3.55. The lowest BCUT2D eigenvalue weighted by atomic mass is 9.95. The van der Waals surface area contributed by atoms with Crippen LogP contribution >= 0.6 is 0 Å². The molecule has 2 aliphatic heterocycles. The van der Waals surface area contributed by atoms with Crippen molar-refractivity contribution in [2.24, 2.45) is 4.99 Å². The summed E-state index contributed by atoms with van der Waals surface area (Å²) in [7, 11) is 0. The highest BCUT2D eigenvalue weighted by molar-refractivity contribution is 6.02.